The molecule has 2 heterocycles. The van der Waals surface area contributed by atoms with Crippen LogP contribution in [0.15, 0.2) is 59.5 Å². The molecule has 2 aromatic carbocycles. The quantitative estimate of drug-likeness (QED) is 0.465. The van der Waals surface area contributed by atoms with Gasteiger partial charge in [-0.2, -0.15) is 0 Å². The fraction of sp³-hybridized carbons (Fsp3) is 0.130. The van der Waals surface area contributed by atoms with Gasteiger partial charge < -0.3 is 4.57 Å². The molecule has 1 aliphatic heterocycles. The van der Waals surface area contributed by atoms with Crippen LogP contribution in [0.3, 0.4) is 0 Å². The number of anilines is 1. The Hall–Kier alpha value is -2.76. The standard InChI is InChI=1S/C23H19ClN2O2S/c1-14-7-9-19(10-8-14)25-15(2)11-17(16(25)3)12-21-22(27)26(23(28)29-21)20-6-4-5-18(24)13-20/h4-13H,1-3H3/b21-12-. The number of aromatic nitrogens is 1. The number of hydrogen-bond donors (Lipinski definition) is 0. The number of aryl methyl sites for hydroxylation is 2. The summed E-state index contributed by atoms with van der Waals surface area (Å²) in [6, 6.07) is 17.1. The van der Waals surface area contributed by atoms with Crippen LogP contribution in [0.4, 0.5) is 10.5 Å². The summed E-state index contributed by atoms with van der Waals surface area (Å²) in [5.74, 6) is -0.331. The maximum absolute atomic E-state index is 12.9. The molecule has 6 heteroatoms. The van der Waals surface area contributed by atoms with Crippen molar-refractivity contribution in [2.75, 3.05) is 4.90 Å². The molecule has 1 aromatic heterocycles. The number of carbonyl (C=O) groups excluding carboxylic acids is 2. The van der Waals surface area contributed by atoms with Crippen molar-refractivity contribution in [1.29, 1.82) is 0 Å². The monoisotopic (exact) mass is 422 g/mol. The predicted molar refractivity (Wildman–Crippen MR) is 120 cm³/mol. The van der Waals surface area contributed by atoms with E-state index >= 15 is 0 Å². The van der Waals surface area contributed by atoms with Crippen molar-refractivity contribution in [3.8, 4) is 5.69 Å². The minimum atomic E-state index is -0.331. The first-order chi connectivity index (χ1) is 13.8. The van der Waals surface area contributed by atoms with Crippen molar-refractivity contribution >= 4 is 46.3 Å². The highest BCUT2D eigenvalue weighted by Crippen LogP contribution is 2.37. The van der Waals surface area contributed by atoms with Gasteiger partial charge in [0, 0.05) is 22.1 Å². The average Bonchev–Trinajstić information content (AvgIpc) is 3.11. The second kappa shape index (κ2) is 7.58. The summed E-state index contributed by atoms with van der Waals surface area (Å²) in [6.45, 7) is 6.10. The molecule has 4 nitrogen and oxygen atoms in total. The van der Waals surface area contributed by atoms with Crippen LogP contribution in [0.25, 0.3) is 11.8 Å². The Kier molecular flexibility index (Phi) is 5.11. The van der Waals surface area contributed by atoms with E-state index in [9.17, 15) is 9.59 Å². The summed E-state index contributed by atoms with van der Waals surface area (Å²) in [5.41, 5.74) is 5.74. The van der Waals surface area contributed by atoms with E-state index in [0.717, 1.165) is 34.4 Å². The lowest BCUT2D eigenvalue weighted by molar-refractivity contribution is -0.113. The largest absolute Gasteiger partial charge is 0.318 e. The zero-order valence-electron chi connectivity index (χ0n) is 16.3. The number of nitrogens with zero attached hydrogens (tertiary/aromatic N) is 2. The van der Waals surface area contributed by atoms with Crippen LogP contribution in [-0.2, 0) is 4.79 Å². The molecule has 0 N–H and O–H groups in total. The van der Waals surface area contributed by atoms with Crippen LogP contribution >= 0.6 is 23.4 Å². The molecule has 2 amide bonds. The number of imide groups is 1. The first-order valence-electron chi connectivity index (χ1n) is 9.14. The van der Waals surface area contributed by atoms with E-state index in [4.69, 9.17) is 11.6 Å². The van der Waals surface area contributed by atoms with Gasteiger partial charge >= 0.3 is 0 Å². The van der Waals surface area contributed by atoms with Gasteiger partial charge in [-0.25, -0.2) is 4.90 Å². The molecular weight excluding hydrogens is 404 g/mol. The van der Waals surface area contributed by atoms with E-state index in [1.165, 1.54) is 10.5 Å². The topological polar surface area (TPSA) is 42.3 Å². The number of rotatable bonds is 3. The van der Waals surface area contributed by atoms with Crippen molar-refractivity contribution in [2.45, 2.75) is 20.8 Å². The summed E-state index contributed by atoms with van der Waals surface area (Å²) < 4.78 is 2.15. The van der Waals surface area contributed by atoms with Crippen molar-refractivity contribution in [1.82, 2.24) is 4.57 Å². The van der Waals surface area contributed by atoms with Gasteiger partial charge in [-0.1, -0.05) is 35.4 Å². The Morgan fingerprint density at radius 3 is 2.34 bits per heavy atom. The zero-order chi connectivity index (χ0) is 20.7. The van der Waals surface area contributed by atoms with E-state index in [1.807, 2.05) is 19.9 Å². The second-order valence-electron chi connectivity index (χ2n) is 6.99. The summed E-state index contributed by atoms with van der Waals surface area (Å²) >= 11 is 6.97. The minimum absolute atomic E-state index is 0.323. The number of halogens is 1. The van der Waals surface area contributed by atoms with Crippen LogP contribution in [0.2, 0.25) is 5.02 Å². The molecule has 146 valence electrons. The fourth-order valence-corrected chi connectivity index (χ4v) is 4.49. The molecule has 0 aliphatic carbocycles. The Balaban J connectivity index is 1.70. The first kappa shape index (κ1) is 19.6. The van der Waals surface area contributed by atoms with E-state index in [-0.39, 0.29) is 11.1 Å². The molecule has 0 saturated carbocycles. The second-order valence-corrected chi connectivity index (χ2v) is 8.42. The molecule has 0 radical (unpaired) electrons. The molecule has 29 heavy (non-hydrogen) atoms. The number of hydrogen-bond acceptors (Lipinski definition) is 3. The maximum atomic E-state index is 12.9. The minimum Gasteiger partial charge on any atom is -0.318 e. The zero-order valence-corrected chi connectivity index (χ0v) is 17.8. The highest BCUT2D eigenvalue weighted by molar-refractivity contribution is 8.19. The smallest absolute Gasteiger partial charge is 0.298 e. The van der Waals surface area contributed by atoms with Crippen LogP contribution in [0.1, 0.15) is 22.5 Å². The predicted octanol–water partition coefficient (Wildman–Crippen LogP) is 6.30. The number of benzene rings is 2. The van der Waals surface area contributed by atoms with Gasteiger partial charge in [0.1, 0.15) is 0 Å². The third-order valence-corrected chi connectivity index (χ3v) is 6.01. The molecule has 0 bridgehead atoms. The number of carbonyl (C=O) groups is 2. The lowest BCUT2D eigenvalue weighted by Crippen LogP contribution is -2.27. The fourth-order valence-electron chi connectivity index (χ4n) is 3.47. The van der Waals surface area contributed by atoms with Gasteiger partial charge in [0.2, 0.25) is 0 Å². The molecular formula is C23H19ClN2O2S. The Morgan fingerprint density at radius 1 is 0.931 bits per heavy atom. The summed E-state index contributed by atoms with van der Waals surface area (Å²) in [5, 5.41) is 0.156. The Labute approximate surface area is 178 Å². The van der Waals surface area contributed by atoms with Gasteiger partial charge in [0.25, 0.3) is 11.1 Å². The molecule has 0 unspecified atom stereocenters. The third kappa shape index (κ3) is 3.63. The summed E-state index contributed by atoms with van der Waals surface area (Å²) in [6.07, 6.45) is 1.79. The van der Waals surface area contributed by atoms with Gasteiger partial charge in [0.05, 0.1) is 10.6 Å². The molecule has 3 aromatic rings. The van der Waals surface area contributed by atoms with Gasteiger partial charge in [0.15, 0.2) is 0 Å². The van der Waals surface area contributed by atoms with Crippen LogP contribution < -0.4 is 4.90 Å². The molecule has 4 rings (SSSR count). The lowest BCUT2D eigenvalue weighted by atomic mass is 10.2. The highest BCUT2D eigenvalue weighted by atomic mass is 35.5. The summed E-state index contributed by atoms with van der Waals surface area (Å²) in [4.78, 5) is 27.0. The Bertz CT molecular complexity index is 1160. The summed E-state index contributed by atoms with van der Waals surface area (Å²) in [7, 11) is 0. The van der Waals surface area contributed by atoms with Crippen molar-refractivity contribution in [3.63, 3.8) is 0 Å². The van der Waals surface area contributed by atoms with Gasteiger partial charge in [-0.05, 0) is 80.6 Å². The van der Waals surface area contributed by atoms with Crippen LogP contribution in [0.5, 0.6) is 0 Å². The maximum Gasteiger partial charge on any atom is 0.298 e. The van der Waals surface area contributed by atoms with Crippen molar-refractivity contribution in [2.24, 2.45) is 0 Å². The molecule has 1 fully saturated rings. The molecule has 0 spiro atoms. The van der Waals surface area contributed by atoms with Gasteiger partial charge in [-0.15, -0.1) is 0 Å². The molecule has 1 saturated heterocycles. The van der Waals surface area contributed by atoms with Crippen molar-refractivity contribution in [3.05, 3.63) is 87.0 Å². The first-order valence-corrected chi connectivity index (χ1v) is 10.3. The van der Waals surface area contributed by atoms with E-state index in [1.54, 1.807) is 30.3 Å². The highest BCUT2D eigenvalue weighted by Gasteiger charge is 2.36. The van der Waals surface area contributed by atoms with E-state index in [2.05, 4.69) is 35.8 Å². The number of thioether (sulfide) groups is 1. The lowest BCUT2D eigenvalue weighted by Gasteiger charge is -2.12. The normalized spacial score (nSPS) is 15.6. The Morgan fingerprint density at radius 2 is 1.66 bits per heavy atom. The van der Waals surface area contributed by atoms with Crippen LogP contribution in [-0.4, -0.2) is 15.7 Å². The number of amides is 2. The van der Waals surface area contributed by atoms with E-state index < -0.39 is 0 Å². The third-order valence-electron chi connectivity index (χ3n) is 4.91. The molecule has 1 aliphatic rings. The van der Waals surface area contributed by atoms with Crippen LogP contribution in [0, 0.1) is 20.8 Å². The SMILES string of the molecule is Cc1ccc(-n2c(C)cc(/C=C3\SC(=O)N(c4cccc(Cl)c4)C3=O)c2C)cc1. The molecule has 0 atom stereocenters. The van der Waals surface area contributed by atoms with Gasteiger partial charge in [-0.3, -0.25) is 9.59 Å². The van der Waals surface area contributed by atoms with E-state index in [0.29, 0.717) is 15.6 Å². The van der Waals surface area contributed by atoms with Crippen molar-refractivity contribution < 1.29 is 9.59 Å². The average molecular weight is 423 g/mol.